The lowest BCUT2D eigenvalue weighted by Gasteiger charge is -2.11. The quantitative estimate of drug-likeness (QED) is 0.517. The fourth-order valence-corrected chi connectivity index (χ4v) is 3.16. The average Bonchev–Trinajstić information content (AvgIpc) is 2.97. The van der Waals surface area contributed by atoms with E-state index in [4.69, 9.17) is 4.84 Å². The Bertz CT molecular complexity index is 940. The number of fused-ring (bicyclic) bond motifs is 1. The minimum absolute atomic E-state index is 1.08. The number of benzene rings is 3. The topological polar surface area (TPSA) is 14.2 Å². The van der Waals surface area contributed by atoms with Gasteiger partial charge in [-0.1, -0.05) is 78.9 Å². The molecule has 1 heterocycles. The van der Waals surface area contributed by atoms with Crippen molar-refractivity contribution in [3.05, 3.63) is 84.9 Å². The molecule has 0 aliphatic heterocycles. The number of hydrogen-bond acceptors (Lipinski definition) is 1. The van der Waals surface area contributed by atoms with E-state index in [1.165, 1.54) is 16.5 Å². The largest absolute Gasteiger partial charge is 0.416 e. The van der Waals surface area contributed by atoms with Crippen LogP contribution in [-0.4, -0.2) is 11.8 Å². The molecule has 0 saturated heterocycles. The molecule has 0 unspecified atom stereocenters. The monoisotopic (exact) mass is 299 g/mol. The molecule has 0 radical (unpaired) electrons. The summed E-state index contributed by atoms with van der Waals surface area (Å²) >= 11 is 0. The fraction of sp³-hybridized carbons (Fsp3) is 0.0476. The van der Waals surface area contributed by atoms with Crippen LogP contribution < -0.4 is 4.84 Å². The van der Waals surface area contributed by atoms with E-state index in [9.17, 15) is 0 Å². The Morgan fingerprint density at radius 3 is 1.87 bits per heavy atom. The first kappa shape index (κ1) is 13.6. The second-order valence-corrected chi connectivity index (χ2v) is 5.45. The van der Waals surface area contributed by atoms with E-state index >= 15 is 0 Å². The number of aromatic nitrogens is 1. The van der Waals surface area contributed by atoms with Crippen LogP contribution in [0.2, 0.25) is 0 Å². The zero-order chi connectivity index (χ0) is 15.6. The summed E-state index contributed by atoms with van der Waals surface area (Å²) in [7, 11) is 1.72. The molecule has 0 amide bonds. The summed E-state index contributed by atoms with van der Waals surface area (Å²) < 4.78 is 1.92. The third-order valence-corrected chi connectivity index (χ3v) is 4.12. The molecule has 0 aliphatic rings. The van der Waals surface area contributed by atoms with Gasteiger partial charge in [0.05, 0.1) is 11.2 Å². The molecule has 0 atom stereocenters. The van der Waals surface area contributed by atoms with Gasteiger partial charge < -0.3 is 4.84 Å². The van der Waals surface area contributed by atoms with Crippen molar-refractivity contribution in [2.75, 3.05) is 7.11 Å². The van der Waals surface area contributed by atoms with Gasteiger partial charge in [0.2, 0.25) is 0 Å². The van der Waals surface area contributed by atoms with Crippen LogP contribution in [0.1, 0.15) is 0 Å². The summed E-state index contributed by atoms with van der Waals surface area (Å²) in [6, 6.07) is 29.2. The standard InChI is InChI=1S/C21H17NO/c1-23-22-19-15-9-8-14-18(19)20(16-10-4-2-5-11-16)21(22)17-12-6-3-7-13-17/h2-15H,1H3. The van der Waals surface area contributed by atoms with Crippen LogP contribution in [0.15, 0.2) is 84.9 Å². The van der Waals surface area contributed by atoms with Crippen molar-refractivity contribution < 1.29 is 4.84 Å². The van der Waals surface area contributed by atoms with Crippen molar-refractivity contribution in [2.45, 2.75) is 0 Å². The lowest BCUT2D eigenvalue weighted by Crippen LogP contribution is -2.07. The molecule has 0 spiro atoms. The Labute approximate surface area is 135 Å². The maximum atomic E-state index is 5.73. The van der Waals surface area contributed by atoms with E-state index in [1.807, 2.05) is 22.9 Å². The molecular formula is C21H17NO. The molecule has 0 fully saturated rings. The summed E-state index contributed by atoms with van der Waals surface area (Å²) in [6.07, 6.45) is 0. The van der Waals surface area contributed by atoms with Gasteiger partial charge in [-0.25, -0.2) is 0 Å². The molecule has 0 saturated carbocycles. The molecule has 4 rings (SSSR count). The van der Waals surface area contributed by atoms with Crippen molar-refractivity contribution in [2.24, 2.45) is 0 Å². The molecular weight excluding hydrogens is 282 g/mol. The highest BCUT2D eigenvalue weighted by Gasteiger charge is 2.20. The highest BCUT2D eigenvalue weighted by molar-refractivity contribution is 6.04. The molecule has 3 aromatic carbocycles. The normalized spacial score (nSPS) is 10.8. The fourth-order valence-electron chi connectivity index (χ4n) is 3.16. The van der Waals surface area contributed by atoms with Crippen molar-refractivity contribution in [1.82, 2.24) is 4.73 Å². The van der Waals surface area contributed by atoms with Crippen LogP contribution in [0.5, 0.6) is 0 Å². The van der Waals surface area contributed by atoms with Gasteiger partial charge in [0, 0.05) is 16.5 Å². The Kier molecular flexibility index (Phi) is 3.35. The van der Waals surface area contributed by atoms with Gasteiger partial charge in [-0.15, -0.1) is 0 Å². The van der Waals surface area contributed by atoms with Crippen molar-refractivity contribution >= 4 is 10.9 Å². The van der Waals surface area contributed by atoms with E-state index in [2.05, 4.69) is 66.7 Å². The zero-order valence-corrected chi connectivity index (χ0v) is 12.9. The highest BCUT2D eigenvalue weighted by Crippen LogP contribution is 2.40. The number of nitrogens with zero attached hydrogens (tertiary/aromatic N) is 1. The summed E-state index contributed by atoms with van der Waals surface area (Å²) in [6.45, 7) is 0. The third kappa shape index (κ3) is 2.20. The van der Waals surface area contributed by atoms with E-state index in [0.717, 1.165) is 16.8 Å². The lowest BCUT2D eigenvalue weighted by molar-refractivity contribution is 0.183. The molecule has 2 nitrogen and oxygen atoms in total. The molecule has 112 valence electrons. The van der Waals surface area contributed by atoms with Crippen LogP contribution in [0.4, 0.5) is 0 Å². The van der Waals surface area contributed by atoms with Gasteiger partial charge in [0.1, 0.15) is 7.11 Å². The van der Waals surface area contributed by atoms with Gasteiger partial charge in [0.15, 0.2) is 0 Å². The Morgan fingerprint density at radius 1 is 0.652 bits per heavy atom. The predicted octanol–water partition coefficient (Wildman–Crippen LogP) is 5.03. The van der Waals surface area contributed by atoms with E-state index in [1.54, 1.807) is 7.11 Å². The summed E-state index contributed by atoms with van der Waals surface area (Å²) in [5, 5.41) is 1.19. The van der Waals surface area contributed by atoms with Crippen molar-refractivity contribution in [3.8, 4) is 22.4 Å². The summed E-state index contributed by atoms with van der Waals surface area (Å²) in [5.74, 6) is 0. The van der Waals surface area contributed by atoms with Crippen LogP contribution in [-0.2, 0) is 0 Å². The molecule has 0 bridgehead atoms. The SMILES string of the molecule is COn1c(-c2ccccc2)c(-c2ccccc2)c2ccccc21. The molecule has 1 aromatic heterocycles. The second kappa shape index (κ2) is 5.65. The van der Waals surface area contributed by atoms with E-state index in [-0.39, 0.29) is 0 Å². The number of rotatable bonds is 3. The Morgan fingerprint density at radius 2 is 1.22 bits per heavy atom. The van der Waals surface area contributed by atoms with Crippen molar-refractivity contribution in [3.63, 3.8) is 0 Å². The molecule has 0 N–H and O–H groups in total. The van der Waals surface area contributed by atoms with Gasteiger partial charge in [-0.05, 0) is 11.6 Å². The maximum absolute atomic E-state index is 5.73. The smallest absolute Gasteiger partial charge is 0.104 e. The third-order valence-electron chi connectivity index (χ3n) is 4.12. The summed E-state index contributed by atoms with van der Waals surface area (Å²) in [5.41, 5.74) is 5.70. The summed E-state index contributed by atoms with van der Waals surface area (Å²) in [4.78, 5) is 5.73. The van der Waals surface area contributed by atoms with Gasteiger partial charge in [-0.2, -0.15) is 4.73 Å². The first-order valence-corrected chi connectivity index (χ1v) is 7.69. The van der Waals surface area contributed by atoms with Crippen LogP contribution in [0.3, 0.4) is 0 Å². The number of para-hydroxylation sites is 1. The molecule has 4 aromatic rings. The predicted molar refractivity (Wildman–Crippen MR) is 95.3 cm³/mol. The van der Waals surface area contributed by atoms with Gasteiger partial charge in [0.25, 0.3) is 0 Å². The first-order valence-electron chi connectivity index (χ1n) is 7.69. The highest BCUT2D eigenvalue weighted by atomic mass is 16.6. The lowest BCUT2D eigenvalue weighted by atomic mass is 9.98. The Balaban J connectivity index is 2.15. The maximum Gasteiger partial charge on any atom is 0.104 e. The van der Waals surface area contributed by atoms with Gasteiger partial charge in [-0.3, -0.25) is 0 Å². The minimum Gasteiger partial charge on any atom is -0.416 e. The van der Waals surface area contributed by atoms with E-state index in [0.29, 0.717) is 0 Å². The molecule has 0 aliphatic carbocycles. The molecule has 2 heteroatoms. The van der Waals surface area contributed by atoms with Crippen LogP contribution in [0, 0.1) is 0 Å². The zero-order valence-electron chi connectivity index (χ0n) is 12.9. The van der Waals surface area contributed by atoms with Crippen LogP contribution >= 0.6 is 0 Å². The average molecular weight is 299 g/mol. The van der Waals surface area contributed by atoms with Crippen molar-refractivity contribution in [1.29, 1.82) is 0 Å². The Hall–Kier alpha value is -3.00. The van der Waals surface area contributed by atoms with Crippen LogP contribution in [0.25, 0.3) is 33.3 Å². The van der Waals surface area contributed by atoms with Gasteiger partial charge >= 0.3 is 0 Å². The second-order valence-electron chi connectivity index (χ2n) is 5.45. The first-order chi connectivity index (χ1) is 11.4. The number of hydrogen-bond donors (Lipinski definition) is 0. The van der Waals surface area contributed by atoms with E-state index < -0.39 is 0 Å². The molecule has 23 heavy (non-hydrogen) atoms. The minimum atomic E-state index is 1.08.